The van der Waals surface area contributed by atoms with Crippen LogP contribution in [0.3, 0.4) is 0 Å². The van der Waals surface area contributed by atoms with Gasteiger partial charge in [0.25, 0.3) is 0 Å². The molecule has 3 rings (SSSR count). The highest BCUT2D eigenvalue weighted by molar-refractivity contribution is 5.84. The average molecular weight is 325 g/mol. The molecule has 0 aliphatic rings. The number of aromatic nitrogens is 3. The molecule has 0 radical (unpaired) electrons. The van der Waals surface area contributed by atoms with Crippen molar-refractivity contribution in [3.05, 3.63) is 54.4 Å². The number of para-hydroxylation sites is 1. The Labute approximate surface area is 128 Å². The Balaban J connectivity index is 2.00. The van der Waals surface area contributed by atoms with Gasteiger partial charge in [0.15, 0.2) is 0 Å². The van der Waals surface area contributed by atoms with E-state index in [2.05, 4.69) is 14.8 Å². The summed E-state index contributed by atoms with van der Waals surface area (Å²) in [5.41, 5.74) is 1.13. The number of rotatable bonds is 5. The van der Waals surface area contributed by atoms with Gasteiger partial charge < -0.3 is 4.74 Å². The lowest BCUT2D eigenvalue weighted by atomic mass is 10.2. The number of pyridine rings is 1. The third-order valence-electron chi connectivity index (χ3n) is 3.15. The van der Waals surface area contributed by atoms with E-state index >= 15 is 0 Å². The summed E-state index contributed by atoms with van der Waals surface area (Å²) in [6, 6.07) is 11.6. The maximum absolute atomic E-state index is 13.2. The van der Waals surface area contributed by atoms with Crippen molar-refractivity contribution >= 4 is 10.9 Å². The molecule has 0 atom stereocenters. The second-order valence-corrected chi connectivity index (χ2v) is 4.77. The highest BCUT2D eigenvalue weighted by atomic mass is 19.3. The van der Waals surface area contributed by atoms with Crippen LogP contribution in [0.25, 0.3) is 10.9 Å². The van der Waals surface area contributed by atoms with Crippen LogP contribution in [0.4, 0.5) is 17.6 Å². The quantitative estimate of drug-likeness (QED) is 0.671. The van der Waals surface area contributed by atoms with Crippen LogP contribution in [-0.2, 0) is 6.54 Å². The lowest BCUT2D eigenvalue weighted by Crippen LogP contribution is -2.33. The molecule has 4 nitrogen and oxygen atoms in total. The Morgan fingerprint density at radius 1 is 1.09 bits per heavy atom. The molecular weight excluding hydrogens is 314 g/mol. The van der Waals surface area contributed by atoms with Crippen molar-refractivity contribution < 1.29 is 22.3 Å². The number of fused-ring (bicyclic) bond motifs is 1. The van der Waals surface area contributed by atoms with Crippen molar-refractivity contribution in [3.8, 4) is 5.88 Å². The van der Waals surface area contributed by atoms with E-state index in [0.29, 0.717) is 11.2 Å². The largest absolute Gasteiger partial charge is 0.462 e. The zero-order valence-corrected chi connectivity index (χ0v) is 11.7. The number of ether oxygens (including phenoxy) is 1. The minimum absolute atomic E-state index is 0.199. The van der Waals surface area contributed by atoms with Gasteiger partial charge in [-0.3, -0.25) is 9.67 Å². The van der Waals surface area contributed by atoms with E-state index in [1.165, 1.54) is 10.7 Å². The van der Waals surface area contributed by atoms with E-state index in [4.69, 9.17) is 0 Å². The predicted molar refractivity (Wildman–Crippen MR) is 74.7 cm³/mol. The summed E-state index contributed by atoms with van der Waals surface area (Å²) >= 11 is 0. The molecule has 120 valence electrons. The predicted octanol–water partition coefficient (Wildman–Crippen LogP) is 3.72. The van der Waals surface area contributed by atoms with E-state index in [0.717, 1.165) is 0 Å². The number of benzene rings is 1. The van der Waals surface area contributed by atoms with Gasteiger partial charge in [-0.2, -0.15) is 17.6 Å². The highest BCUT2D eigenvalue weighted by Crippen LogP contribution is 2.32. The number of hydrogen-bond donors (Lipinski definition) is 0. The van der Waals surface area contributed by atoms with Crippen molar-refractivity contribution in [2.75, 3.05) is 0 Å². The SMILES string of the molecule is FC(F)C(F)(F)Oc1nn(Cc2ccccn2)c2ccccc12. The molecule has 0 aliphatic carbocycles. The van der Waals surface area contributed by atoms with Crippen LogP contribution in [0.5, 0.6) is 5.88 Å². The smallest absolute Gasteiger partial charge is 0.408 e. The molecule has 3 aromatic rings. The monoisotopic (exact) mass is 325 g/mol. The van der Waals surface area contributed by atoms with Crippen molar-refractivity contribution in [2.45, 2.75) is 19.1 Å². The number of alkyl halides is 4. The first kappa shape index (κ1) is 15.3. The first-order chi connectivity index (χ1) is 11.0. The van der Waals surface area contributed by atoms with Crippen molar-refractivity contribution in [2.24, 2.45) is 0 Å². The molecule has 1 aromatic carbocycles. The lowest BCUT2D eigenvalue weighted by molar-refractivity contribution is -0.254. The summed E-state index contributed by atoms with van der Waals surface area (Å²) in [4.78, 5) is 4.12. The molecule has 0 saturated heterocycles. The fraction of sp³-hybridized carbons (Fsp3) is 0.200. The van der Waals surface area contributed by atoms with Crippen LogP contribution in [0.15, 0.2) is 48.7 Å². The van der Waals surface area contributed by atoms with Gasteiger partial charge >= 0.3 is 12.5 Å². The Hall–Kier alpha value is -2.64. The van der Waals surface area contributed by atoms with E-state index in [1.807, 2.05) is 0 Å². The molecule has 8 heteroatoms. The zero-order valence-electron chi connectivity index (χ0n) is 11.7. The van der Waals surface area contributed by atoms with Gasteiger partial charge in [-0.25, -0.2) is 0 Å². The van der Waals surface area contributed by atoms with Gasteiger partial charge in [0, 0.05) is 6.20 Å². The second-order valence-electron chi connectivity index (χ2n) is 4.77. The van der Waals surface area contributed by atoms with E-state index in [-0.39, 0.29) is 11.9 Å². The summed E-state index contributed by atoms with van der Waals surface area (Å²) in [5.74, 6) is -0.540. The third kappa shape index (κ3) is 3.10. The van der Waals surface area contributed by atoms with Crippen LogP contribution in [0, 0.1) is 0 Å². The summed E-state index contributed by atoms with van der Waals surface area (Å²) in [6.45, 7) is 0.199. The van der Waals surface area contributed by atoms with Crippen molar-refractivity contribution in [1.82, 2.24) is 14.8 Å². The fourth-order valence-electron chi connectivity index (χ4n) is 2.11. The van der Waals surface area contributed by atoms with Crippen LogP contribution in [0.1, 0.15) is 5.69 Å². The first-order valence-corrected chi connectivity index (χ1v) is 6.68. The molecule has 0 amide bonds. The molecule has 0 aliphatic heterocycles. The summed E-state index contributed by atoms with van der Waals surface area (Å²) in [6.07, 6.45) is -6.96. The molecule has 0 bridgehead atoms. The third-order valence-corrected chi connectivity index (χ3v) is 3.15. The molecule has 23 heavy (non-hydrogen) atoms. The van der Waals surface area contributed by atoms with E-state index in [9.17, 15) is 17.6 Å². The van der Waals surface area contributed by atoms with Crippen molar-refractivity contribution in [3.63, 3.8) is 0 Å². The van der Waals surface area contributed by atoms with E-state index < -0.39 is 18.4 Å². The Morgan fingerprint density at radius 3 is 2.52 bits per heavy atom. The van der Waals surface area contributed by atoms with Gasteiger partial charge in [0.2, 0.25) is 5.88 Å². The molecule has 0 N–H and O–H groups in total. The zero-order chi connectivity index (χ0) is 16.4. The number of nitrogens with zero attached hydrogens (tertiary/aromatic N) is 3. The minimum atomic E-state index is -4.60. The Morgan fingerprint density at radius 2 is 1.83 bits per heavy atom. The van der Waals surface area contributed by atoms with Gasteiger partial charge in [-0.05, 0) is 24.3 Å². The van der Waals surface area contributed by atoms with E-state index in [1.54, 1.807) is 42.6 Å². The van der Waals surface area contributed by atoms with Gasteiger partial charge in [0.1, 0.15) is 0 Å². The summed E-state index contributed by atoms with van der Waals surface area (Å²) in [5, 5.41) is 4.12. The minimum Gasteiger partial charge on any atom is -0.408 e. The molecule has 2 aromatic heterocycles. The van der Waals surface area contributed by atoms with Gasteiger partial charge in [-0.1, -0.05) is 18.2 Å². The molecule has 0 unspecified atom stereocenters. The standard InChI is InChI=1S/C15H11F4N3O/c16-14(17)15(18,19)23-13-11-6-1-2-7-12(11)22(21-13)9-10-5-3-4-8-20-10/h1-8,14H,9H2. The first-order valence-electron chi connectivity index (χ1n) is 6.68. The maximum Gasteiger partial charge on any atom is 0.462 e. The highest BCUT2D eigenvalue weighted by Gasteiger charge is 2.45. The number of halogens is 4. The summed E-state index contributed by atoms with van der Waals surface area (Å²) in [7, 11) is 0. The molecule has 0 fully saturated rings. The van der Waals surface area contributed by atoms with Gasteiger partial charge in [0.05, 0.1) is 23.1 Å². The fourth-order valence-corrected chi connectivity index (χ4v) is 2.11. The van der Waals surface area contributed by atoms with Crippen LogP contribution in [0.2, 0.25) is 0 Å². The van der Waals surface area contributed by atoms with Crippen LogP contribution < -0.4 is 4.74 Å². The maximum atomic E-state index is 13.2. The molecule has 0 spiro atoms. The molecular formula is C15H11F4N3O. The lowest BCUT2D eigenvalue weighted by Gasteiger charge is -2.14. The molecule has 2 heterocycles. The van der Waals surface area contributed by atoms with Crippen LogP contribution >= 0.6 is 0 Å². The Bertz CT molecular complexity index is 805. The van der Waals surface area contributed by atoms with Crippen LogP contribution in [-0.4, -0.2) is 27.3 Å². The average Bonchev–Trinajstić information content (AvgIpc) is 2.86. The molecule has 0 saturated carbocycles. The second kappa shape index (κ2) is 5.86. The summed E-state index contributed by atoms with van der Waals surface area (Å²) < 4.78 is 56.5. The van der Waals surface area contributed by atoms with Crippen molar-refractivity contribution in [1.29, 1.82) is 0 Å². The normalized spacial score (nSPS) is 12.0. The van der Waals surface area contributed by atoms with Gasteiger partial charge in [-0.15, -0.1) is 5.10 Å². The topological polar surface area (TPSA) is 39.9 Å². The Kier molecular flexibility index (Phi) is 3.89. The number of hydrogen-bond acceptors (Lipinski definition) is 3.